The van der Waals surface area contributed by atoms with E-state index in [9.17, 15) is 5.11 Å². The SMILES string of the molecule is CCCCCCCNC1c2cc3nc(C)cc(C)c3cc2OC(C)(C)C1O. The van der Waals surface area contributed by atoms with Crippen molar-refractivity contribution in [1.82, 2.24) is 10.3 Å². The number of aliphatic hydroxyl groups is 1. The molecule has 0 aliphatic carbocycles. The first-order valence-corrected chi connectivity index (χ1v) is 10.4. The van der Waals surface area contributed by atoms with Crippen LogP contribution in [0.4, 0.5) is 0 Å². The van der Waals surface area contributed by atoms with E-state index in [1.807, 2.05) is 20.8 Å². The summed E-state index contributed by atoms with van der Waals surface area (Å²) >= 11 is 0. The lowest BCUT2D eigenvalue weighted by atomic mass is 9.85. The lowest BCUT2D eigenvalue weighted by molar-refractivity contribution is -0.0643. The molecule has 2 N–H and O–H groups in total. The summed E-state index contributed by atoms with van der Waals surface area (Å²) in [7, 11) is 0. The Morgan fingerprint density at radius 3 is 2.59 bits per heavy atom. The van der Waals surface area contributed by atoms with E-state index in [0.717, 1.165) is 40.9 Å². The van der Waals surface area contributed by atoms with Gasteiger partial charge in [-0.25, -0.2) is 0 Å². The van der Waals surface area contributed by atoms with Crippen LogP contribution in [0.15, 0.2) is 18.2 Å². The van der Waals surface area contributed by atoms with Gasteiger partial charge >= 0.3 is 0 Å². The predicted molar refractivity (Wildman–Crippen MR) is 111 cm³/mol. The highest BCUT2D eigenvalue weighted by Crippen LogP contribution is 2.42. The van der Waals surface area contributed by atoms with Crippen molar-refractivity contribution in [2.75, 3.05) is 6.54 Å². The minimum absolute atomic E-state index is 0.137. The van der Waals surface area contributed by atoms with Gasteiger partial charge in [0, 0.05) is 16.6 Å². The summed E-state index contributed by atoms with van der Waals surface area (Å²) in [5, 5.41) is 15.7. The van der Waals surface area contributed by atoms with Gasteiger partial charge in [0.2, 0.25) is 0 Å². The molecular weight excluding hydrogens is 336 g/mol. The lowest BCUT2D eigenvalue weighted by Gasteiger charge is -2.42. The van der Waals surface area contributed by atoms with Crippen molar-refractivity contribution in [3.63, 3.8) is 0 Å². The lowest BCUT2D eigenvalue weighted by Crippen LogP contribution is -2.52. The highest BCUT2D eigenvalue weighted by atomic mass is 16.5. The number of hydrogen-bond acceptors (Lipinski definition) is 4. The van der Waals surface area contributed by atoms with Crippen molar-refractivity contribution < 1.29 is 9.84 Å². The van der Waals surface area contributed by atoms with Gasteiger partial charge in [0.1, 0.15) is 17.5 Å². The number of hydrogen-bond donors (Lipinski definition) is 2. The number of aryl methyl sites for hydroxylation is 2. The Hall–Kier alpha value is -1.65. The maximum absolute atomic E-state index is 11.0. The first kappa shape index (κ1) is 20.1. The maximum Gasteiger partial charge on any atom is 0.131 e. The molecule has 3 rings (SSSR count). The molecule has 1 aromatic carbocycles. The zero-order chi connectivity index (χ0) is 19.6. The number of pyridine rings is 1. The minimum Gasteiger partial charge on any atom is -0.485 e. The molecule has 4 nitrogen and oxygen atoms in total. The van der Waals surface area contributed by atoms with Crippen LogP contribution in [0.3, 0.4) is 0 Å². The third kappa shape index (κ3) is 4.27. The van der Waals surface area contributed by atoms with Crippen LogP contribution in [0.2, 0.25) is 0 Å². The van der Waals surface area contributed by atoms with Crippen LogP contribution in [0.5, 0.6) is 5.75 Å². The van der Waals surface area contributed by atoms with Crippen LogP contribution < -0.4 is 10.1 Å². The second-order valence-electron chi connectivity index (χ2n) is 8.48. The van der Waals surface area contributed by atoms with Gasteiger partial charge in [-0.05, 0) is 64.4 Å². The molecule has 1 aliphatic heterocycles. The average molecular weight is 371 g/mol. The highest BCUT2D eigenvalue weighted by Gasteiger charge is 2.42. The number of nitrogens with one attached hydrogen (secondary N) is 1. The number of aromatic nitrogens is 1. The maximum atomic E-state index is 11.0. The van der Waals surface area contributed by atoms with Crippen molar-refractivity contribution >= 4 is 10.9 Å². The van der Waals surface area contributed by atoms with E-state index in [1.54, 1.807) is 0 Å². The zero-order valence-corrected chi connectivity index (χ0v) is 17.4. The van der Waals surface area contributed by atoms with E-state index in [0.29, 0.717) is 0 Å². The van der Waals surface area contributed by atoms with Crippen molar-refractivity contribution in [3.05, 3.63) is 35.0 Å². The molecule has 2 unspecified atom stereocenters. The van der Waals surface area contributed by atoms with Gasteiger partial charge < -0.3 is 15.2 Å². The topological polar surface area (TPSA) is 54.4 Å². The number of nitrogens with zero attached hydrogens (tertiary/aromatic N) is 1. The van der Waals surface area contributed by atoms with Gasteiger partial charge in [-0.1, -0.05) is 32.6 Å². The van der Waals surface area contributed by atoms with Crippen molar-refractivity contribution in [3.8, 4) is 5.75 Å². The largest absolute Gasteiger partial charge is 0.485 e. The Labute approximate surface area is 163 Å². The van der Waals surface area contributed by atoms with Crippen LogP contribution in [0.25, 0.3) is 10.9 Å². The second kappa shape index (κ2) is 8.15. The predicted octanol–water partition coefficient (Wildman–Crippen LogP) is 4.98. The quantitative estimate of drug-likeness (QED) is 0.675. The van der Waals surface area contributed by atoms with Gasteiger partial charge in [0.25, 0.3) is 0 Å². The van der Waals surface area contributed by atoms with E-state index in [1.165, 1.54) is 31.2 Å². The van der Waals surface area contributed by atoms with Crippen molar-refractivity contribution in [2.24, 2.45) is 0 Å². The molecule has 2 aromatic rings. The van der Waals surface area contributed by atoms with Gasteiger partial charge in [-0.3, -0.25) is 4.98 Å². The highest BCUT2D eigenvalue weighted by molar-refractivity contribution is 5.85. The van der Waals surface area contributed by atoms with Crippen LogP contribution in [-0.2, 0) is 0 Å². The number of rotatable bonds is 7. The minimum atomic E-state index is -0.632. The van der Waals surface area contributed by atoms with Gasteiger partial charge in [-0.15, -0.1) is 0 Å². The Kier molecular flexibility index (Phi) is 6.07. The molecule has 0 saturated heterocycles. The Balaban J connectivity index is 1.88. The molecular formula is C23H34N2O2. The first-order chi connectivity index (χ1) is 12.8. The fourth-order valence-electron chi connectivity index (χ4n) is 4.06. The molecule has 2 heterocycles. The molecule has 0 fully saturated rings. The monoisotopic (exact) mass is 370 g/mol. The molecule has 0 amide bonds. The molecule has 27 heavy (non-hydrogen) atoms. The molecule has 0 saturated carbocycles. The molecule has 0 radical (unpaired) electrons. The van der Waals surface area contributed by atoms with Gasteiger partial charge in [0.05, 0.1) is 11.6 Å². The van der Waals surface area contributed by atoms with Gasteiger partial charge in [0.15, 0.2) is 0 Å². The smallest absolute Gasteiger partial charge is 0.131 e. The summed E-state index contributed by atoms with van der Waals surface area (Å²) < 4.78 is 6.20. The number of aliphatic hydroxyl groups excluding tert-OH is 1. The molecule has 0 spiro atoms. The summed E-state index contributed by atoms with van der Waals surface area (Å²) in [6, 6.07) is 6.15. The van der Waals surface area contributed by atoms with E-state index in [4.69, 9.17) is 9.72 Å². The number of fused-ring (bicyclic) bond motifs is 2. The van der Waals surface area contributed by atoms with E-state index in [-0.39, 0.29) is 6.04 Å². The Bertz CT molecular complexity index is 801. The summed E-state index contributed by atoms with van der Waals surface area (Å²) in [5.41, 5.74) is 3.56. The summed E-state index contributed by atoms with van der Waals surface area (Å²) in [6.07, 6.45) is 5.59. The standard InChI is InChI=1S/C23H34N2O2/c1-6-7-8-9-10-11-24-21-18-13-19-17(15(2)12-16(3)25-19)14-20(18)27-23(4,5)22(21)26/h12-14,21-22,24,26H,6-11H2,1-5H3. The first-order valence-electron chi connectivity index (χ1n) is 10.4. The molecule has 1 aromatic heterocycles. The van der Waals surface area contributed by atoms with Crippen LogP contribution in [0.1, 0.15) is 75.7 Å². The van der Waals surface area contributed by atoms with Crippen molar-refractivity contribution in [2.45, 2.75) is 84.5 Å². The Morgan fingerprint density at radius 1 is 1.11 bits per heavy atom. The number of ether oxygens (including phenoxy) is 1. The van der Waals surface area contributed by atoms with Crippen molar-refractivity contribution in [1.29, 1.82) is 0 Å². The summed E-state index contributed by atoms with van der Waals surface area (Å²) in [4.78, 5) is 4.71. The fraction of sp³-hybridized carbons (Fsp3) is 0.609. The molecule has 1 aliphatic rings. The molecule has 4 heteroatoms. The van der Waals surface area contributed by atoms with Crippen LogP contribution in [0, 0.1) is 13.8 Å². The van der Waals surface area contributed by atoms with Gasteiger partial charge in [-0.2, -0.15) is 0 Å². The molecule has 0 bridgehead atoms. The third-order valence-electron chi connectivity index (χ3n) is 5.66. The van der Waals surface area contributed by atoms with E-state index in [2.05, 4.69) is 37.4 Å². The molecule has 2 atom stereocenters. The third-order valence-corrected chi connectivity index (χ3v) is 5.66. The van der Waals surface area contributed by atoms with E-state index >= 15 is 0 Å². The van der Waals surface area contributed by atoms with Crippen LogP contribution >= 0.6 is 0 Å². The number of benzene rings is 1. The normalized spacial score (nSPS) is 21.1. The fourth-order valence-corrected chi connectivity index (χ4v) is 4.06. The van der Waals surface area contributed by atoms with E-state index < -0.39 is 11.7 Å². The average Bonchev–Trinajstić information content (AvgIpc) is 2.60. The zero-order valence-electron chi connectivity index (χ0n) is 17.4. The Morgan fingerprint density at radius 2 is 1.85 bits per heavy atom. The summed E-state index contributed by atoms with van der Waals surface area (Å²) in [5.74, 6) is 0.857. The number of unbranched alkanes of at least 4 members (excludes halogenated alkanes) is 4. The summed E-state index contributed by atoms with van der Waals surface area (Å²) in [6.45, 7) is 11.2. The van der Waals surface area contributed by atoms with Crippen LogP contribution in [-0.4, -0.2) is 28.3 Å². The second-order valence-corrected chi connectivity index (χ2v) is 8.48. The molecule has 148 valence electrons.